The third-order valence-corrected chi connectivity index (χ3v) is 8.31. The van der Waals surface area contributed by atoms with Crippen LogP contribution >= 0.6 is 15.9 Å². The number of ketones is 1. The monoisotopic (exact) mass is 626 g/mol. The topological polar surface area (TPSA) is 101 Å². The van der Waals surface area contributed by atoms with Crippen molar-refractivity contribution in [2.75, 3.05) is 6.54 Å². The van der Waals surface area contributed by atoms with E-state index in [1.54, 1.807) is 42.5 Å². The second kappa shape index (κ2) is 17.1. The first kappa shape index (κ1) is 32.5. The van der Waals surface area contributed by atoms with Crippen molar-refractivity contribution in [3.8, 4) is 0 Å². The molecule has 1 fully saturated rings. The maximum absolute atomic E-state index is 13.2. The molecule has 2 aromatic rings. The molecule has 222 valence electrons. The van der Waals surface area contributed by atoms with Crippen LogP contribution < -0.4 is 0 Å². The van der Waals surface area contributed by atoms with Crippen molar-refractivity contribution in [1.29, 1.82) is 0 Å². The highest BCUT2D eigenvalue weighted by atomic mass is 79.9. The van der Waals surface area contributed by atoms with E-state index in [2.05, 4.69) is 22.9 Å². The van der Waals surface area contributed by atoms with E-state index in [9.17, 15) is 24.8 Å². The molecule has 1 N–H and O–H groups in total. The first-order valence-electron chi connectivity index (χ1n) is 15.1. The smallest absolute Gasteiger partial charge is 0.295 e. The van der Waals surface area contributed by atoms with E-state index in [4.69, 9.17) is 0 Å². The van der Waals surface area contributed by atoms with Crippen LogP contribution in [0.2, 0.25) is 0 Å². The molecule has 0 saturated carbocycles. The van der Waals surface area contributed by atoms with Gasteiger partial charge in [0.1, 0.15) is 5.76 Å². The number of unbranched alkanes of at least 4 members (excludes halogenated alkanes) is 13. The number of carbonyl (C=O) groups excluding carboxylic acids is 2. The lowest BCUT2D eigenvalue weighted by molar-refractivity contribution is -0.385. The molecule has 0 radical (unpaired) electrons. The third kappa shape index (κ3) is 9.25. The normalized spacial score (nSPS) is 16.4. The summed E-state index contributed by atoms with van der Waals surface area (Å²) in [4.78, 5) is 39.2. The van der Waals surface area contributed by atoms with Crippen molar-refractivity contribution < 1.29 is 19.6 Å². The molecule has 3 rings (SSSR count). The molecule has 1 heterocycles. The number of Topliss-reactive ketones (excluding diaryl/α,β-unsaturated/α-hetero) is 1. The first-order chi connectivity index (χ1) is 19.9. The Morgan fingerprint density at radius 3 is 1.98 bits per heavy atom. The Labute approximate surface area is 252 Å². The number of amides is 1. The molecular weight excluding hydrogens is 584 g/mol. The number of carbonyl (C=O) groups is 2. The van der Waals surface area contributed by atoms with Crippen molar-refractivity contribution in [3.63, 3.8) is 0 Å². The van der Waals surface area contributed by atoms with Crippen LogP contribution in [0.25, 0.3) is 5.76 Å². The molecule has 1 atom stereocenters. The van der Waals surface area contributed by atoms with Crippen molar-refractivity contribution in [2.45, 2.75) is 103 Å². The summed E-state index contributed by atoms with van der Waals surface area (Å²) in [7, 11) is 0. The molecule has 8 heteroatoms. The van der Waals surface area contributed by atoms with Gasteiger partial charge in [-0.3, -0.25) is 19.7 Å². The predicted molar refractivity (Wildman–Crippen MR) is 167 cm³/mol. The van der Waals surface area contributed by atoms with Crippen molar-refractivity contribution >= 4 is 39.1 Å². The van der Waals surface area contributed by atoms with E-state index in [-0.39, 0.29) is 29.1 Å². The Balaban J connectivity index is 1.61. The third-order valence-electron chi connectivity index (χ3n) is 7.82. The molecule has 41 heavy (non-hydrogen) atoms. The Morgan fingerprint density at radius 1 is 0.854 bits per heavy atom. The summed E-state index contributed by atoms with van der Waals surface area (Å²) in [6.45, 7) is 2.53. The van der Waals surface area contributed by atoms with Gasteiger partial charge in [0, 0.05) is 22.6 Å². The number of halogens is 1. The summed E-state index contributed by atoms with van der Waals surface area (Å²) in [5.74, 6) is -1.90. The Kier molecular flexibility index (Phi) is 13.5. The molecule has 1 aliphatic heterocycles. The minimum Gasteiger partial charge on any atom is -0.507 e. The molecule has 1 amide bonds. The zero-order valence-electron chi connectivity index (χ0n) is 24.2. The van der Waals surface area contributed by atoms with Gasteiger partial charge in [-0.15, -0.1) is 0 Å². The van der Waals surface area contributed by atoms with Crippen LogP contribution in [-0.4, -0.2) is 33.2 Å². The van der Waals surface area contributed by atoms with Gasteiger partial charge in [0.25, 0.3) is 17.4 Å². The Hall–Kier alpha value is -3.00. The summed E-state index contributed by atoms with van der Waals surface area (Å²) >= 11 is 3.37. The van der Waals surface area contributed by atoms with Gasteiger partial charge in [-0.25, -0.2) is 0 Å². The molecule has 0 spiro atoms. The number of aliphatic hydroxyl groups is 1. The minimum atomic E-state index is -1.03. The van der Waals surface area contributed by atoms with Gasteiger partial charge in [-0.2, -0.15) is 0 Å². The number of rotatable bonds is 18. The molecule has 1 unspecified atom stereocenters. The Morgan fingerprint density at radius 2 is 1.41 bits per heavy atom. The van der Waals surface area contributed by atoms with E-state index >= 15 is 0 Å². The molecule has 1 aliphatic rings. The lowest BCUT2D eigenvalue weighted by atomic mass is 9.94. The fourth-order valence-corrected chi connectivity index (χ4v) is 5.99. The molecule has 1 saturated heterocycles. The number of nitro groups is 1. The second-order valence-electron chi connectivity index (χ2n) is 10.9. The second-order valence-corrected chi connectivity index (χ2v) is 11.8. The number of hydrogen-bond donors (Lipinski definition) is 1. The Bertz CT molecular complexity index is 1210. The average molecular weight is 628 g/mol. The number of para-hydroxylation sites is 1. The van der Waals surface area contributed by atoms with Crippen molar-refractivity contribution in [1.82, 2.24) is 4.90 Å². The van der Waals surface area contributed by atoms with Crippen LogP contribution in [0.4, 0.5) is 5.69 Å². The van der Waals surface area contributed by atoms with E-state index < -0.39 is 22.7 Å². The maximum atomic E-state index is 13.2. The van der Waals surface area contributed by atoms with Crippen molar-refractivity contribution in [3.05, 3.63) is 79.8 Å². The zero-order valence-corrected chi connectivity index (χ0v) is 25.7. The lowest BCUT2D eigenvalue weighted by Gasteiger charge is -2.25. The van der Waals surface area contributed by atoms with Gasteiger partial charge in [0.15, 0.2) is 0 Å². The van der Waals surface area contributed by atoms with E-state index in [1.165, 1.54) is 75.2 Å². The summed E-state index contributed by atoms with van der Waals surface area (Å²) in [6.07, 6.45) is 16.8. The van der Waals surface area contributed by atoms with Gasteiger partial charge >= 0.3 is 0 Å². The van der Waals surface area contributed by atoms with Gasteiger partial charge in [0.2, 0.25) is 0 Å². The average Bonchev–Trinajstić information content (AvgIpc) is 3.21. The van der Waals surface area contributed by atoms with E-state index in [0.717, 1.165) is 19.3 Å². The molecule has 0 aromatic heterocycles. The van der Waals surface area contributed by atoms with Gasteiger partial charge in [-0.1, -0.05) is 131 Å². The van der Waals surface area contributed by atoms with Crippen LogP contribution in [0.1, 0.15) is 114 Å². The highest BCUT2D eigenvalue weighted by molar-refractivity contribution is 9.10. The fourth-order valence-electron chi connectivity index (χ4n) is 5.59. The number of nitrogens with zero attached hydrogens (tertiary/aromatic N) is 2. The van der Waals surface area contributed by atoms with Crippen LogP contribution in [0, 0.1) is 10.1 Å². The summed E-state index contributed by atoms with van der Waals surface area (Å²) < 4.78 is 0.695. The van der Waals surface area contributed by atoms with Crippen LogP contribution in [0.5, 0.6) is 0 Å². The SMILES string of the molecule is CCCCCCCCCCCCCCCCN1C(=O)C(=O)/C(=C(/O)c2cccc(Br)c2)C1c1ccccc1[N+](=O)[O-]. The first-order valence-corrected chi connectivity index (χ1v) is 15.9. The maximum Gasteiger partial charge on any atom is 0.295 e. The number of hydrogen-bond acceptors (Lipinski definition) is 5. The molecule has 2 aromatic carbocycles. The summed E-state index contributed by atoms with van der Waals surface area (Å²) in [5.41, 5.74) is 0.273. The predicted octanol–water partition coefficient (Wildman–Crippen LogP) is 9.26. The van der Waals surface area contributed by atoms with Crippen molar-refractivity contribution in [2.24, 2.45) is 0 Å². The van der Waals surface area contributed by atoms with Gasteiger partial charge < -0.3 is 10.0 Å². The quantitative estimate of drug-likeness (QED) is 0.0443. The highest BCUT2D eigenvalue weighted by Crippen LogP contribution is 2.42. The number of benzene rings is 2. The number of aliphatic hydroxyl groups excluding tert-OH is 1. The zero-order chi connectivity index (χ0) is 29.6. The fraction of sp³-hybridized carbons (Fsp3) is 0.515. The molecule has 7 nitrogen and oxygen atoms in total. The lowest BCUT2D eigenvalue weighted by Crippen LogP contribution is -2.31. The number of likely N-dealkylation sites (tertiary alicyclic amines) is 1. The summed E-state index contributed by atoms with van der Waals surface area (Å²) in [5, 5.41) is 23.1. The van der Waals surface area contributed by atoms with E-state index in [0.29, 0.717) is 16.5 Å². The van der Waals surface area contributed by atoms with Crippen LogP contribution in [0.15, 0.2) is 58.6 Å². The van der Waals surface area contributed by atoms with Crippen LogP contribution in [-0.2, 0) is 9.59 Å². The summed E-state index contributed by atoms with van der Waals surface area (Å²) in [6, 6.07) is 11.9. The minimum absolute atomic E-state index is 0.118. The highest BCUT2D eigenvalue weighted by Gasteiger charge is 2.47. The van der Waals surface area contributed by atoms with Crippen LogP contribution in [0.3, 0.4) is 0 Å². The molecule has 0 bridgehead atoms. The standard InChI is InChI=1S/C33H43BrN2O5/c1-2-3-4-5-6-7-8-9-10-11-12-13-14-17-23-35-30(27-21-15-16-22-28(27)36(40)41)29(32(38)33(35)39)31(37)25-19-18-20-26(34)24-25/h15-16,18-22,24,30,37H,2-14,17,23H2,1H3/b31-29+. The van der Waals surface area contributed by atoms with E-state index in [1.807, 2.05) is 0 Å². The largest absolute Gasteiger partial charge is 0.507 e. The van der Waals surface area contributed by atoms with Gasteiger partial charge in [0.05, 0.1) is 22.1 Å². The van der Waals surface area contributed by atoms with Gasteiger partial charge in [-0.05, 0) is 24.6 Å². The molecular formula is C33H43BrN2O5. The molecule has 0 aliphatic carbocycles. The number of nitro benzene ring substituents is 1.